The molecule has 0 heterocycles. The summed E-state index contributed by atoms with van der Waals surface area (Å²) in [5.74, 6) is -2.32. The van der Waals surface area contributed by atoms with Gasteiger partial charge in [0, 0.05) is 21.6 Å². The lowest BCUT2D eigenvalue weighted by Gasteiger charge is -2.68. The van der Waals surface area contributed by atoms with Crippen molar-refractivity contribution in [3.63, 3.8) is 0 Å². The SMILES string of the molecule is CC(C)(C)[SH](C)(F)(c1ccc(C(=O)NCC(N)C(=O)NCC(=O)O)cc1)C(C)(C)C. The third-order valence-electron chi connectivity index (χ3n) is 6.17. The average molecular weight is 446 g/mol. The fraction of sp³-hybridized carbons (Fsp3) is 0.571. The van der Waals surface area contributed by atoms with Gasteiger partial charge in [0.25, 0.3) is 5.91 Å². The van der Waals surface area contributed by atoms with Crippen molar-refractivity contribution in [1.82, 2.24) is 10.6 Å². The normalized spacial score (nSPS) is 14.9. The summed E-state index contributed by atoms with van der Waals surface area (Å²) in [7, 11) is -3.91. The van der Waals surface area contributed by atoms with Gasteiger partial charge in [-0.3, -0.25) is 14.4 Å². The van der Waals surface area contributed by atoms with E-state index in [2.05, 4.69) is 10.6 Å². The van der Waals surface area contributed by atoms with Crippen molar-refractivity contribution < 1.29 is 23.4 Å². The van der Waals surface area contributed by atoms with E-state index in [0.29, 0.717) is 10.5 Å². The Hall–Kier alpha value is -2.13. The van der Waals surface area contributed by atoms with E-state index in [4.69, 9.17) is 10.8 Å². The number of nitrogens with two attached hydrogens (primary N) is 1. The van der Waals surface area contributed by atoms with E-state index >= 15 is 3.89 Å². The molecule has 0 fully saturated rings. The number of benzene rings is 1. The van der Waals surface area contributed by atoms with E-state index in [0.717, 1.165) is 0 Å². The van der Waals surface area contributed by atoms with Gasteiger partial charge in [-0.25, -0.2) is 3.89 Å². The molecule has 1 aromatic carbocycles. The topological polar surface area (TPSA) is 122 Å². The van der Waals surface area contributed by atoms with Gasteiger partial charge in [0.05, 0.1) is 0 Å². The van der Waals surface area contributed by atoms with Crippen molar-refractivity contribution in [3.8, 4) is 0 Å². The minimum atomic E-state index is -3.91. The maximum absolute atomic E-state index is 17.0. The molecule has 0 aliphatic carbocycles. The standard InChI is InChI=1S/C21H36FN3O4S/c1-20(2,3)30(7,22,21(4,5)6)15-10-8-14(9-11-15)18(28)24-12-16(23)19(29)25-13-17(26)27/h8-11,16,30H,12-13,23H2,1-7H3,(H,24,28)(H,25,29)(H,26,27). The first-order chi connectivity index (χ1) is 13.4. The fourth-order valence-electron chi connectivity index (χ4n) is 3.44. The highest BCUT2D eigenvalue weighted by Crippen LogP contribution is 2.87. The van der Waals surface area contributed by atoms with Gasteiger partial charge in [-0.05, 0) is 35.4 Å². The number of carboxylic acids is 1. The van der Waals surface area contributed by atoms with Crippen molar-refractivity contribution in [1.29, 1.82) is 0 Å². The number of nitrogens with one attached hydrogen (secondary N) is 2. The zero-order chi connectivity index (χ0) is 23.6. The Balaban J connectivity index is 2.98. The highest BCUT2D eigenvalue weighted by molar-refractivity contribution is 8.47. The maximum Gasteiger partial charge on any atom is 0.322 e. The molecule has 0 spiro atoms. The summed E-state index contributed by atoms with van der Waals surface area (Å²) in [6.07, 6.45) is 1.73. The van der Waals surface area contributed by atoms with Crippen molar-refractivity contribution in [2.45, 2.75) is 62.0 Å². The number of aliphatic carboxylic acids is 1. The molecule has 1 aromatic rings. The Labute approximate surface area is 178 Å². The van der Waals surface area contributed by atoms with E-state index in [1.165, 1.54) is 0 Å². The van der Waals surface area contributed by atoms with Crippen LogP contribution in [-0.2, 0) is 9.59 Å². The molecular formula is C21H36FN3O4S. The van der Waals surface area contributed by atoms with Gasteiger partial charge in [0.2, 0.25) is 5.91 Å². The van der Waals surface area contributed by atoms with E-state index in [1.54, 1.807) is 30.5 Å². The largest absolute Gasteiger partial charge is 0.480 e. The first-order valence-electron chi connectivity index (χ1n) is 9.79. The molecule has 0 saturated heterocycles. The number of carboxylic acid groups (broad SMARTS) is 1. The van der Waals surface area contributed by atoms with Gasteiger partial charge >= 0.3 is 5.97 Å². The summed E-state index contributed by atoms with van der Waals surface area (Å²) in [5.41, 5.74) is 5.98. The Bertz CT molecular complexity index is 793. The first-order valence-corrected chi connectivity index (χ1v) is 12.4. The summed E-state index contributed by atoms with van der Waals surface area (Å²) in [6, 6.07) is 5.40. The molecular weight excluding hydrogens is 409 g/mol. The molecule has 30 heavy (non-hydrogen) atoms. The molecule has 0 aromatic heterocycles. The van der Waals surface area contributed by atoms with Crippen molar-refractivity contribution in [2.75, 3.05) is 19.3 Å². The predicted molar refractivity (Wildman–Crippen MR) is 121 cm³/mol. The van der Waals surface area contributed by atoms with Crippen LogP contribution in [0.1, 0.15) is 51.9 Å². The van der Waals surface area contributed by atoms with Crippen LogP contribution in [0, 0.1) is 0 Å². The smallest absolute Gasteiger partial charge is 0.322 e. The highest BCUT2D eigenvalue weighted by atomic mass is 32.3. The molecule has 172 valence electrons. The zero-order valence-electron chi connectivity index (χ0n) is 18.9. The van der Waals surface area contributed by atoms with E-state index in [9.17, 15) is 14.4 Å². The second-order valence-corrected chi connectivity index (χ2v) is 15.8. The van der Waals surface area contributed by atoms with Gasteiger partial charge < -0.3 is 21.5 Å². The van der Waals surface area contributed by atoms with Crippen LogP contribution in [0.5, 0.6) is 0 Å². The second kappa shape index (κ2) is 8.55. The van der Waals surface area contributed by atoms with Gasteiger partial charge in [-0.1, -0.05) is 41.5 Å². The van der Waals surface area contributed by atoms with Crippen LogP contribution in [0.25, 0.3) is 0 Å². The Kier molecular flexibility index (Phi) is 7.38. The number of thiol groups is 1. The zero-order valence-corrected chi connectivity index (χ0v) is 19.8. The van der Waals surface area contributed by atoms with Crippen molar-refractivity contribution in [3.05, 3.63) is 29.8 Å². The molecule has 1 atom stereocenters. The van der Waals surface area contributed by atoms with Crippen molar-refractivity contribution >= 4 is 27.3 Å². The van der Waals surface area contributed by atoms with E-state index in [-0.39, 0.29) is 6.54 Å². The fourth-order valence-corrected chi connectivity index (χ4v) is 7.86. The second-order valence-electron chi connectivity index (χ2n) is 9.75. The van der Waals surface area contributed by atoms with Gasteiger partial charge in [-0.2, -0.15) is 0 Å². The molecule has 5 N–H and O–H groups in total. The molecule has 0 radical (unpaired) electrons. The number of carbonyl (C=O) groups excluding carboxylic acids is 2. The summed E-state index contributed by atoms with van der Waals surface area (Å²) >= 11 is 0. The Morgan fingerprint density at radius 1 is 1.03 bits per heavy atom. The minimum absolute atomic E-state index is 0.160. The van der Waals surface area contributed by atoms with Gasteiger partial charge in [0.1, 0.15) is 12.6 Å². The lowest BCUT2D eigenvalue weighted by atomic mass is 10.2. The average Bonchev–Trinajstić information content (AvgIpc) is 2.62. The van der Waals surface area contributed by atoms with Crippen LogP contribution in [0.2, 0.25) is 0 Å². The summed E-state index contributed by atoms with van der Waals surface area (Å²) in [4.78, 5) is 35.2. The molecule has 1 unspecified atom stereocenters. The number of carbonyl (C=O) groups is 3. The minimum Gasteiger partial charge on any atom is -0.480 e. The lowest BCUT2D eigenvalue weighted by molar-refractivity contribution is -0.138. The molecule has 0 bridgehead atoms. The van der Waals surface area contributed by atoms with Crippen LogP contribution in [-0.4, -0.2) is 57.8 Å². The molecule has 0 aliphatic rings. The third kappa shape index (κ3) is 4.78. The molecule has 0 saturated carbocycles. The summed E-state index contributed by atoms with van der Waals surface area (Å²) < 4.78 is 15.8. The number of hydrogen-bond donors (Lipinski definition) is 5. The van der Waals surface area contributed by atoms with E-state index < -0.39 is 49.4 Å². The number of halogens is 1. The monoisotopic (exact) mass is 445 g/mol. The van der Waals surface area contributed by atoms with Crippen molar-refractivity contribution in [2.24, 2.45) is 5.73 Å². The maximum atomic E-state index is 17.0. The first kappa shape index (κ1) is 25.9. The lowest BCUT2D eigenvalue weighted by Crippen LogP contribution is -2.49. The molecule has 1 rings (SSSR count). The Morgan fingerprint density at radius 2 is 1.50 bits per heavy atom. The highest BCUT2D eigenvalue weighted by Gasteiger charge is 2.56. The summed E-state index contributed by atoms with van der Waals surface area (Å²) in [6.45, 7) is 10.8. The summed E-state index contributed by atoms with van der Waals surface area (Å²) in [5, 5.41) is 13.2. The Morgan fingerprint density at radius 3 is 1.90 bits per heavy atom. The number of amides is 2. The quantitative estimate of drug-likeness (QED) is 0.413. The van der Waals surface area contributed by atoms with Gasteiger partial charge in [0.15, 0.2) is 0 Å². The van der Waals surface area contributed by atoms with Crippen LogP contribution in [0.15, 0.2) is 29.2 Å². The molecule has 0 aliphatic heterocycles. The van der Waals surface area contributed by atoms with Crippen LogP contribution >= 0.6 is 9.55 Å². The predicted octanol–water partition coefficient (Wildman–Crippen LogP) is 2.49. The number of hydrogen-bond acceptors (Lipinski definition) is 4. The molecule has 7 nitrogen and oxygen atoms in total. The van der Waals surface area contributed by atoms with Crippen LogP contribution in [0.4, 0.5) is 3.89 Å². The molecule has 9 heteroatoms. The van der Waals surface area contributed by atoms with Crippen LogP contribution in [0.3, 0.4) is 0 Å². The van der Waals surface area contributed by atoms with Crippen LogP contribution < -0.4 is 16.4 Å². The molecule has 2 amide bonds. The van der Waals surface area contributed by atoms with E-state index in [1.807, 2.05) is 41.5 Å². The van der Waals surface area contributed by atoms with Gasteiger partial charge in [-0.15, -0.1) is 9.55 Å². The third-order valence-corrected chi connectivity index (χ3v) is 14.1. The number of rotatable bonds is 7.